The Kier molecular flexibility index (Phi) is 8.33. The van der Waals surface area contributed by atoms with Crippen molar-refractivity contribution in [1.82, 2.24) is 19.7 Å². The molecule has 0 spiro atoms. The molecule has 40 heavy (non-hydrogen) atoms. The first-order valence-corrected chi connectivity index (χ1v) is 14.8. The van der Waals surface area contributed by atoms with Crippen LogP contribution >= 0.6 is 0 Å². The molecule has 1 aromatic heterocycles. The molecule has 0 saturated carbocycles. The number of carbonyl (C=O) groups is 1. The fourth-order valence-electron chi connectivity index (χ4n) is 6.45. The number of aromatic amines is 1. The molecule has 5 rings (SSSR count). The van der Waals surface area contributed by atoms with Crippen LogP contribution in [0.5, 0.6) is 5.75 Å². The number of fused-ring (bicyclic) bond motifs is 1. The van der Waals surface area contributed by atoms with E-state index < -0.39 is 5.60 Å². The Bertz CT molecular complexity index is 1220. The third-order valence-corrected chi connectivity index (χ3v) is 8.65. The monoisotopic (exact) mass is 550 g/mol. The SMILES string of the molecule is CC(C)(C)OC(=O)N1CCC(CN2CCC(N3CCc4[nH]c(N)c(/C=C(\N)c5ccccc5O)c4C3)CC2)CC1. The lowest BCUT2D eigenvalue weighted by Gasteiger charge is -2.42. The Hall–Kier alpha value is -3.17. The topological polar surface area (TPSA) is 124 Å². The molecule has 0 aliphatic carbocycles. The summed E-state index contributed by atoms with van der Waals surface area (Å²) >= 11 is 0. The Morgan fingerprint density at radius 3 is 2.48 bits per heavy atom. The molecular weight excluding hydrogens is 504 g/mol. The molecule has 9 heteroatoms. The summed E-state index contributed by atoms with van der Waals surface area (Å²) in [6.07, 6.45) is 7.08. The van der Waals surface area contributed by atoms with Gasteiger partial charge in [-0.25, -0.2) is 4.79 Å². The quantitative estimate of drug-likeness (QED) is 0.439. The van der Waals surface area contributed by atoms with Gasteiger partial charge in [0.2, 0.25) is 0 Å². The molecule has 2 saturated heterocycles. The smallest absolute Gasteiger partial charge is 0.410 e. The lowest BCUT2D eigenvalue weighted by molar-refractivity contribution is 0.0158. The van der Waals surface area contributed by atoms with Gasteiger partial charge < -0.3 is 36.1 Å². The van der Waals surface area contributed by atoms with Gasteiger partial charge in [-0.3, -0.25) is 4.90 Å². The van der Waals surface area contributed by atoms with E-state index in [0.29, 0.717) is 29.0 Å². The van der Waals surface area contributed by atoms with Crippen LogP contribution < -0.4 is 11.5 Å². The maximum absolute atomic E-state index is 12.4. The molecule has 0 bridgehead atoms. The van der Waals surface area contributed by atoms with E-state index in [1.54, 1.807) is 12.1 Å². The number of nitrogens with two attached hydrogens (primary N) is 2. The number of nitrogen functional groups attached to an aromatic ring is 1. The summed E-state index contributed by atoms with van der Waals surface area (Å²) in [5.41, 5.74) is 16.8. The second-order valence-electron chi connectivity index (χ2n) is 12.7. The van der Waals surface area contributed by atoms with Crippen LogP contribution in [0.2, 0.25) is 0 Å². The third kappa shape index (κ3) is 6.58. The van der Waals surface area contributed by atoms with Crippen molar-refractivity contribution in [3.63, 3.8) is 0 Å². The fourth-order valence-corrected chi connectivity index (χ4v) is 6.45. The van der Waals surface area contributed by atoms with Crippen molar-refractivity contribution in [2.24, 2.45) is 11.7 Å². The van der Waals surface area contributed by atoms with Gasteiger partial charge in [-0.1, -0.05) is 12.1 Å². The number of benzene rings is 1. The Balaban J connectivity index is 1.13. The Morgan fingerprint density at radius 2 is 1.80 bits per heavy atom. The number of aromatic nitrogens is 1. The number of phenols is 1. The van der Waals surface area contributed by atoms with Gasteiger partial charge in [0.05, 0.1) is 0 Å². The summed E-state index contributed by atoms with van der Waals surface area (Å²) in [6.45, 7) is 12.6. The van der Waals surface area contributed by atoms with Gasteiger partial charge in [0, 0.05) is 67.7 Å². The van der Waals surface area contributed by atoms with Crippen LogP contribution in [-0.2, 0) is 17.7 Å². The largest absolute Gasteiger partial charge is 0.507 e. The summed E-state index contributed by atoms with van der Waals surface area (Å²) < 4.78 is 5.55. The van der Waals surface area contributed by atoms with Gasteiger partial charge in [0.25, 0.3) is 0 Å². The molecule has 9 nitrogen and oxygen atoms in total. The first-order valence-electron chi connectivity index (χ1n) is 14.8. The van der Waals surface area contributed by atoms with Crippen LogP contribution in [0.1, 0.15) is 68.8 Å². The number of piperidine rings is 2. The third-order valence-electron chi connectivity index (χ3n) is 8.65. The van der Waals surface area contributed by atoms with E-state index >= 15 is 0 Å². The highest BCUT2D eigenvalue weighted by Crippen LogP contribution is 2.33. The lowest BCUT2D eigenvalue weighted by atomic mass is 9.93. The van der Waals surface area contributed by atoms with E-state index in [-0.39, 0.29) is 11.8 Å². The second-order valence-corrected chi connectivity index (χ2v) is 12.7. The molecule has 2 fully saturated rings. The molecule has 2 aromatic rings. The van der Waals surface area contributed by atoms with Gasteiger partial charge in [-0.2, -0.15) is 0 Å². The minimum absolute atomic E-state index is 0.168. The zero-order chi connectivity index (χ0) is 28.4. The number of likely N-dealkylation sites (tertiary alicyclic amines) is 2. The van der Waals surface area contributed by atoms with E-state index in [1.165, 1.54) is 11.3 Å². The van der Waals surface area contributed by atoms with Crippen LogP contribution in [0.25, 0.3) is 11.8 Å². The maximum atomic E-state index is 12.4. The molecule has 0 radical (unpaired) electrons. The average molecular weight is 551 g/mol. The molecule has 1 aromatic carbocycles. The van der Waals surface area contributed by atoms with E-state index in [0.717, 1.165) is 83.5 Å². The summed E-state index contributed by atoms with van der Waals surface area (Å²) in [4.78, 5) is 22.9. The standard InChI is InChI=1S/C31H46N6O3/c1-31(2,3)40-30(39)36-15-8-21(9-16-36)19-35-13-10-22(11-14-35)37-17-12-27-25(20-37)24(29(33)34-27)18-26(32)23-6-4-5-7-28(23)38/h4-7,18,21-22,34,38H,8-17,19-20,32-33H2,1-3H3/b26-18-. The highest BCUT2D eigenvalue weighted by molar-refractivity contribution is 5.86. The molecule has 6 N–H and O–H groups in total. The fraction of sp³-hybridized carbons (Fsp3) is 0.581. The zero-order valence-corrected chi connectivity index (χ0v) is 24.3. The second kappa shape index (κ2) is 11.7. The number of para-hydroxylation sites is 1. The van der Waals surface area contributed by atoms with Gasteiger partial charge in [-0.15, -0.1) is 0 Å². The first kappa shape index (κ1) is 28.4. The number of ether oxygens (including phenoxy) is 1. The number of nitrogens with zero attached hydrogens (tertiary/aromatic N) is 3. The van der Waals surface area contributed by atoms with Crippen LogP contribution in [0.3, 0.4) is 0 Å². The Morgan fingerprint density at radius 1 is 1.10 bits per heavy atom. The zero-order valence-electron chi connectivity index (χ0n) is 24.3. The number of hydrogen-bond acceptors (Lipinski definition) is 7. The average Bonchev–Trinajstić information content (AvgIpc) is 3.22. The predicted molar refractivity (Wildman–Crippen MR) is 159 cm³/mol. The molecule has 3 aliphatic heterocycles. The van der Waals surface area contributed by atoms with Crippen molar-refractivity contribution in [3.05, 3.63) is 46.6 Å². The van der Waals surface area contributed by atoms with Crippen LogP contribution in [0.4, 0.5) is 10.6 Å². The van der Waals surface area contributed by atoms with Crippen LogP contribution in [0.15, 0.2) is 24.3 Å². The van der Waals surface area contributed by atoms with E-state index in [9.17, 15) is 9.90 Å². The molecule has 3 aliphatic rings. The van der Waals surface area contributed by atoms with Gasteiger partial charge in [0.1, 0.15) is 17.2 Å². The minimum atomic E-state index is -0.445. The molecule has 218 valence electrons. The number of amides is 1. The molecular formula is C31H46N6O3. The number of H-pyrrole nitrogens is 1. The summed E-state index contributed by atoms with van der Waals surface area (Å²) in [5, 5.41) is 10.2. The van der Waals surface area contributed by atoms with E-state index in [2.05, 4.69) is 14.8 Å². The number of anilines is 1. The van der Waals surface area contributed by atoms with Crippen molar-refractivity contribution >= 4 is 23.7 Å². The number of phenolic OH excluding ortho intramolecular Hbond substituents is 1. The maximum Gasteiger partial charge on any atom is 0.410 e. The first-order chi connectivity index (χ1) is 19.1. The highest BCUT2D eigenvalue weighted by Gasteiger charge is 2.32. The van der Waals surface area contributed by atoms with Crippen molar-refractivity contribution in [3.8, 4) is 5.75 Å². The van der Waals surface area contributed by atoms with Crippen molar-refractivity contribution in [1.29, 1.82) is 0 Å². The molecule has 4 heterocycles. The highest BCUT2D eigenvalue weighted by atomic mass is 16.6. The summed E-state index contributed by atoms with van der Waals surface area (Å²) in [5.74, 6) is 1.44. The summed E-state index contributed by atoms with van der Waals surface area (Å²) in [7, 11) is 0. The Labute approximate surface area is 238 Å². The van der Waals surface area contributed by atoms with Gasteiger partial charge in [-0.05, 0) is 89.2 Å². The van der Waals surface area contributed by atoms with Crippen LogP contribution in [-0.4, -0.2) is 81.8 Å². The molecule has 1 amide bonds. The summed E-state index contributed by atoms with van der Waals surface area (Å²) in [6, 6.07) is 7.68. The van der Waals surface area contributed by atoms with E-state index in [4.69, 9.17) is 16.2 Å². The van der Waals surface area contributed by atoms with Crippen molar-refractivity contribution in [2.75, 3.05) is 45.0 Å². The van der Waals surface area contributed by atoms with Gasteiger partial charge in [0.15, 0.2) is 0 Å². The number of carbonyl (C=O) groups excluding carboxylic acids is 1. The molecule has 0 atom stereocenters. The normalized spacial score (nSPS) is 20.5. The van der Waals surface area contributed by atoms with Crippen LogP contribution in [0, 0.1) is 5.92 Å². The molecule has 0 unspecified atom stereocenters. The number of nitrogens with one attached hydrogen (secondary N) is 1. The minimum Gasteiger partial charge on any atom is -0.507 e. The van der Waals surface area contributed by atoms with Gasteiger partial charge >= 0.3 is 6.09 Å². The van der Waals surface area contributed by atoms with Crippen molar-refractivity contribution < 1.29 is 14.6 Å². The van der Waals surface area contributed by atoms with Crippen molar-refractivity contribution in [2.45, 2.75) is 71.1 Å². The van der Waals surface area contributed by atoms with E-state index in [1.807, 2.05) is 43.9 Å². The predicted octanol–water partition coefficient (Wildman–Crippen LogP) is 4.23. The number of aromatic hydroxyl groups is 1. The number of hydrogen-bond donors (Lipinski definition) is 4. The number of rotatable bonds is 5. The lowest BCUT2D eigenvalue weighted by Crippen LogP contribution is -2.48.